The number of hydrogen-bond donors (Lipinski definition) is 1. The Labute approximate surface area is 205 Å². The van der Waals surface area contributed by atoms with Gasteiger partial charge in [0.2, 0.25) is 5.95 Å². The van der Waals surface area contributed by atoms with Crippen LogP contribution in [0.15, 0.2) is 59.7 Å². The molecule has 0 spiro atoms. The quantitative estimate of drug-likeness (QED) is 0.555. The number of benzene rings is 1. The van der Waals surface area contributed by atoms with Crippen molar-refractivity contribution in [3.8, 4) is 11.3 Å². The lowest BCUT2D eigenvalue weighted by molar-refractivity contribution is 0.385. The molecule has 172 valence electrons. The van der Waals surface area contributed by atoms with Gasteiger partial charge in [-0.05, 0) is 50.6 Å². The number of hydrogen-bond acceptors (Lipinski definition) is 5. The van der Waals surface area contributed by atoms with Gasteiger partial charge in [-0.1, -0.05) is 23.7 Å². The molecule has 1 aliphatic heterocycles. The van der Waals surface area contributed by atoms with Crippen molar-refractivity contribution in [2.75, 3.05) is 18.0 Å². The number of nitrogens with one attached hydrogen (secondary N) is 1. The first-order chi connectivity index (χ1) is 14.4. The van der Waals surface area contributed by atoms with E-state index < -0.39 is 0 Å². The molecule has 0 saturated carbocycles. The Morgan fingerprint density at radius 3 is 2.34 bits per heavy atom. The van der Waals surface area contributed by atoms with E-state index in [9.17, 15) is 4.79 Å². The predicted molar refractivity (Wildman–Crippen MR) is 136 cm³/mol. The van der Waals surface area contributed by atoms with E-state index in [1.54, 1.807) is 23.0 Å². The van der Waals surface area contributed by atoms with Gasteiger partial charge in [0.15, 0.2) is 0 Å². The normalized spacial score (nSPS) is 18.1. The Bertz CT molecular complexity index is 1070. The van der Waals surface area contributed by atoms with Gasteiger partial charge in [0.05, 0.1) is 11.7 Å². The first-order valence-electron chi connectivity index (χ1n) is 10.2. The fourth-order valence-electron chi connectivity index (χ4n) is 3.99. The van der Waals surface area contributed by atoms with Crippen LogP contribution < -0.4 is 15.8 Å². The molecule has 9 heteroatoms. The highest BCUT2D eigenvalue weighted by Crippen LogP contribution is 2.27. The summed E-state index contributed by atoms with van der Waals surface area (Å²) in [7, 11) is 0. The first-order valence-corrected chi connectivity index (χ1v) is 10.6. The van der Waals surface area contributed by atoms with Crippen molar-refractivity contribution in [2.45, 2.75) is 38.9 Å². The lowest BCUT2D eigenvalue weighted by atomic mass is 10.0. The van der Waals surface area contributed by atoms with E-state index >= 15 is 0 Å². The van der Waals surface area contributed by atoms with E-state index in [4.69, 9.17) is 16.6 Å². The van der Waals surface area contributed by atoms with Crippen LogP contribution in [0.4, 0.5) is 5.95 Å². The first kappa shape index (κ1) is 26.1. The summed E-state index contributed by atoms with van der Waals surface area (Å²) in [5.74, 6) is 0.705. The van der Waals surface area contributed by atoms with Gasteiger partial charge in [0, 0.05) is 54.2 Å². The Morgan fingerprint density at radius 1 is 1.06 bits per heavy atom. The van der Waals surface area contributed by atoms with Crippen LogP contribution in [0.3, 0.4) is 0 Å². The molecule has 3 aromatic rings. The number of halogens is 3. The zero-order chi connectivity index (χ0) is 21.3. The van der Waals surface area contributed by atoms with E-state index in [1.807, 2.05) is 50.2 Å². The van der Waals surface area contributed by atoms with Crippen LogP contribution in [0.5, 0.6) is 0 Å². The summed E-state index contributed by atoms with van der Waals surface area (Å²) in [6, 6.07) is 13.6. The third kappa shape index (κ3) is 5.62. The van der Waals surface area contributed by atoms with E-state index in [-0.39, 0.29) is 48.5 Å². The molecule has 1 saturated heterocycles. The van der Waals surface area contributed by atoms with Crippen molar-refractivity contribution in [1.29, 1.82) is 0 Å². The van der Waals surface area contributed by atoms with Gasteiger partial charge in [0.25, 0.3) is 5.56 Å². The summed E-state index contributed by atoms with van der Waals surface area (Å²) in [6.07, 6.45) is 3.43. The maximum absolute atomic E-state index is 13.0. The van der Waals surface area contributed by atoms with Crippen LogP contribution in [-0.2, 0) is 0 Å². The van der Waals surface area contributed by atoms with Crippen LogP contribution >= 0.6 is 36.4 Å². The molecule has 2 aromatic heterocycles. The zero-order valence-electron chi connectivity index (χ0n) is 18.2. The highest BCUT2D eigenvalue weighted by Gasteiger charge is 2.28. The monoisotopic (exact) mass is 495 g/mol. The number of piperazine rings is 1. The van der Waals surface area contributed by atoms with E-state index in [1.165, 1.54) is 5.56 Å². The molecule has 1 N–H and O–H groups in total. The van der Waals surface area contributed by atoms with Gasteiger partial charge in [-0.2, -0.15) is 0 Å². The van der Waals surface area contributed by atoms with Crippen molar-refractivity contribution < 1.29 is 0 Å². The third-order valence-electron chi connectivity index (χ3n) is 5.36. The van der Waals surface area contributed by atoms with Crippen LogP contribution in [-0.4, -0.2) is 33.7 Å². The van der Waals surface area contributed by atoms with Gasteiger partial charge in [-0.15, -0.1) is 24.8 Å². The minimum atomic E-state index is -0.0453. The minimum absolute atomic E-state index is 0. The average Bonchev–Trinajstić information content (AvgIpc) is 2.73. The average molecular weight is 497 g/mol. The molecule has 1 fully saturated rings. The van der Waals surface area contributed by atoms with E-state index in [0.717, 1.165) is 17.1 Å². The van der Waals surface area contributed by atoms with E-state index in [2.05, 4.69) is 22.1 Å². The number of anilines is 1. The van der Waals surface area contributed by atoms with Crippen molar-refractivity contribution >= 4 is 42.4 Å². The smallest absolute Gasteiger partial charge is 0.255 e. The molecule has 4 rings (SSSR count). The standard InChI is InChI=1S/C23H26ClN5O.2ClH/c1-15(2)29-22(30)12-20(18-8-10-25-11-9-18)27-23(29)28-13-16(3)26-21(14-28)17-4-6-19(24)7-5-17;;/h4-12,15-16,21,26H,13-14H2,1-3H3;2*1H/t16-,21-;;/m1../s1. The molecule has 1 aliphatic rings. The lowest BCUT2D eigenvalue weighted by Crippen LogP contribution is -2.52. The summed E-state index contributed by atoms with van der Waals surface area (Å²) in [5.41, 5.74) is 2.68. The molecule has 0 unspecified atom stereocenters. The maximum atomic E-state index is 13.0. The number of rotatable bonds is 4. The Balaban J connectivity index is 0.00000181. The van der Waals surface area contributed by atoms with Crippen molar-refractivity contribution in [3.05, 3.63) is 75.8 Å². The van der Waals surface area contributed by atoms with Crippen LogP contribution in [0.1, 0.15) is 38.4 Å². The van der Waals surface area contributed by atoms with Gasteiger partial charge in [-0.3, -0.25) is 14.3 Å². The summed E-state index contributed by atoms with van der Waals surface area (Å²) >= 11 is 6.07. The van der Waals surface area contributed by atoms with Gasteiger partial charge in [0.1, 0.15) is 0 Å². The molecule has 3 heterocycles. The fraction of sp³-hybridized carbons (Fsp3) is 0.348. The molecule has 0 bridgehead atoms. The third-order valence-corrected chi connectivity index (χ3v) is 5.62. The van der Waals surface area contributed by atoms with Crippen LogP contribution in [0.25, 0.3) is 11.3 Å². The molecule has 2 atom stereocenters. The molecule has 0 aliphatic carbocycles. The minimum Gasteiger partial charge on any atom is -0.339 e. The molecular weight excluding hydrogens is 469 g/mol. The highest BCUT2D eigenvalue weighted by molar-refractivity contribution is 6.30. The molecule has 6 nitrogen and oxygen atoms in total. The predicted octanol–water partition coefficient (Wildman–Crippen LogP) is 4.92. The molecular formula is C23H28Cl3N5O. The summed E-state index contributed by atoms with van der Waals surface area (Å²) in [4.78, 5) is 24.3. The van der Waals surface area contributed by atoms with Crippen molar-refractivity contribution in [3.63, 3.8) is 0 Å². The maximum Gasteiger partial charge on any atom is 0.255 e. The van der Waals surface area contributed by atoms with Crippen LogP contribution in [0, 0.1) is 0 Å². The molecule has 0 radical (unpaired) electrons. The van der Waals surface area contributed by atoms with Gasteiger partial charge in [-0.25, -0.2) is 4.98 Å². The Kier molecular flexibility index (Phi) is 9.10. The van der Waals surface area contributed by atoms with Gasteiger partial charge < -0.3 is 10.2 Å². The second-order valence-electron chi connectivity index (χ2n) is 8.06. The van der Waals surface area contributed by atoms with Crippen molar-refractivity contribution in [2.24, 2.45) is 0 Å². The lowest BCUT2D eigenvalue weighted by Gasteiger charge is -2.39. The number of aromatic nitrogens is 3. The zero-order valence-corrected chi connectivity index (χ0v) is 20.6. The van der Waals surface area contributed by atoms with E-state index in [0.29, 0.717) is 18.2 Å². The molecule has 0 amide bonds. The molecule has 32 heavy (non-hydrogen) atoms. The fourth-order valence-corrected chi connectivity index (χ4v) is 4.12. The Morgan fingerprint density at radius 2 is 1.72 bits per heavy atom. The summed E-state index contributed by atoms with van der Waals surface area (Å²) in [5, 5.41) is 4.38. The second-order valence-corrected chi connectivity index (χ2v) is 8.49. The summed E-state index contributed by atoms with van der Waals surface area (Å²) in [6.45, 7) is 7.66. The second kappa shape index (κ2) is 11.1. The van der Waals surface area contributed by atoms with Crippen molar-refractivity contribution in [1.82, 2.24) is 19.9 Å². The topological polar surface area (TPSA) is 63.1 Å². The number of pyridine rings is 1. The Hall–Kier alpha value is -2.12. The summed E-state index contributed by atoms with van der Waals surface area (Å²) < 4.78 is 1.78. The highest BCUT2D eigenvalue weighted by atomic mass is 35.5. The molecule has 1 aromatic carbocycles. The van der Waals surface area contributed by atoms with Crippen LogP contribution in [0.2, 0.25) is 5.02 Å². The number of nitrogens with zero attached hydrogens (tertiary/aromatic N) is 4. The SMILES string of the molecule is CC(C)n1c(N2C[C@@H](C)N[C@@H](c3ccc(Cl)cc3)C2)nc(-c2ccncc2)cc1=O.Cl.Cl. The van der Waals surface area contributed by atoms with Gasteiger partial charge >= 0.3 is 0 Å². The largest absolute Gasteiger partial charge is 0.339 e.